The lowest BCUT2D eigenvalue weighted by Crippen LogP contribution is -2.26. The Kier molecular flexibility index (Phi) is 5.71. The molecule has 1 N–H and O–H groups in total. The number of fused-ring (bicyclic) bond motifs is 3. The van der Waals surface area contributed by atoms with Gasteiger partial charge in [0.05, 0.1) is 11.6 Å². The summed E-state index contributed by atoms with van der Waals surface area (Å²) in [5, 5.41) is 3.20. The summed E-state index contributed by atoms with van der Waals surface area (Å²) in [4.78, 5) is 16.0. The van der Waals surface area contributed by atoms with Crippen molar-refractivity contribution < 1.29 is 9.53 Å². The Morgan fingerprint density at radius 3 is 2.38 bits per heavy atom. The minimum atomic E-state index is -0.506. The summed E-state index contributed by atoms with van der Waals surface area (Å²) in [7, 11) is 0. The first-order valence-electron chi connectivity index (χ1n) is 9.02. The Balaban J connectivity index is 1.35. The molecule has 0 radical (unpaired) electrons. The van der Waals surface area contributed by atoms with Crippen LogP contribution in [0, 0.1) is 11.8 Å². The van der Waals surface area contributed by atoms with Gasteiger partial charge in [0.15, 0.2) is 0 Å². The summed E-state index contributed by atoms with van der Waals surface area (Å²) in [6, 6.07) is 18.0. The molecule has 0 bridgehead atoms. The van der Waals surface area contributed by atoms with Crippen LogP contribution in [0.5, 0.6) is 0 Å². The highest BCUT2D eigenvalue weighted by Gasteiger charge is 2.28. The van der Waals surface area contributed by atoms with Gasteiger partial charge in [-0.1, -0.05) is 83.6 Å². The molecule has 0 saturated carbocycles. The van der Waals surface area contributed by atoms with Crippen molar-refractivity contribution in [2.45, 2.75) is 5.92 Å². The van der Waals surface area contributed by atoms with Crippen molar-refractivity contribution in [2.24, 2.45) is 0 Å². The first kappa shape index (κ1) is 19.3. The van der Waals surface area contributed by atoms with Crippen molar-refractivity contribution >= 4 is 29.3 Å². The number of nitrogens with zero attached hydrogens (tertiary/aromatic N) is 1. The number of nitrogens with one attached hydrogen (secondary N) is 1. The van der Waals surface area contributed by atoms with Crippen molar-refractivity contribution in [3.8, 4) is 23.0 Å². The fourth-order valence-corrected chi connectivity index (χ4v) is 3.67. The van der Waals surface area contributed by atoms with E-state index >= 15 is 0 Å². The minimum absolute atomic E-state index is 0.0292. The fourth-order valence-electron chi connectivity index (χ4n) is 3.40. The second kappa shape index (κ2) is 8.57. The van der Waals surface area contributed by atoms with Crippen molar-refractivity contribution in [3.63, 3.8) is 0 Å². The fraction of sp³-hybridized carbons (Fsp3) is 0.130. The van der Waals surface area contributed by atoms with Crippen LogP contribution >= 0.6 is 23.2 Å². The van der Waals surface area contributed by atoms with E-state index in [1.807, 2.05) is 24.3 Å². The Bertz CT molecular complexity index is 1090. The molecule has 1 amide bonds. The number of amides is 1. The van der Waals surface area contributed by atoms with E-state index in [1.54, 1.807) is 6.07 Å². The van der Waals surface area contributed by atoms with Gasteiger partial charge in [0.2, 0.25) is 0 Å². The number of ether oxygens (including phenoxy) is 1. The highest BCUT2D eigenvalue weighted by Crippen LogP contribution is 2.44. The summed E-state index contributed by atoms with van der Waals surface area (Å²) < 4.78 is 5.46. The molecular formula is C23H16Cl2N2O2. The van der Waals surface area contributed by atoms with Crippen LogP contribution in [-0.4, -0.2) is 24.2 Å². The summed E-state index contributed by atoms with van der Waals surface area (Å²) in [5.41, 5.74) is 5.35. The lowest BCUT2D eigenvalue weighted by Gasteiger charge is -2.14. The molecule has 1 aliphatic carbocycles. The van der Waals surface area contributed by atoms with Crippen LogP contribution in [0.2, 0.25) is 10.2 Å². The first-order valence-corrected chi connectivity index (χ1v) is 9.78. The van der Waals surface area contributed by atoms with Crippen molar-refractivity contribution in [1.29, 1.82) is 0 Å². The largest absolute Gasteiger partial charge is 0.449 e. The molecule has 0 spiro atoms. The number of carbonyl (C=O) groups excluding carboxylic acids is 1. The smallest absolute Gasteiger partial charge is 0.407 e. The number of pyridine rings is 1. The number of hydrogen-bond donors (Lipinski definition) is 1. The van der Waals surface area contributed by atoms with E-state index < -0.39 is 6.09 Å². The van der Waals surface area contributed by atoms with E-state index in [2.05, 4.69) is 46.4 Å². The number of benzene rings is 2. The van der Waals surface area contributed by atoms with E-state index in [1.165, 1.54) is 28.5 Å². The maximum atomic E-state index is 12.1. The molecule has 0 saturated heterocycles. The molecule has 29 heavy (non-hydrogen) atoms. The standard InChI is InChI=1S/C23H16Cl2N2O2/c24-21-12-15(13-27-22(21)25)6-5-11-26-23(28)29-14-20-18-9-3-1-7-16(18)17-8-2-4-10-19(17)20/h1-4,7-10,12-13,20H,11,14H2,(H,26,28). The van der Waals surface area contributed by atoms with Crippen LogP contribution in [0.1, 0.15) is 22.6 Å². The number of alkyl carbamates (subject to hydrolysis) is 1. The second-order valence-corrected chi connectivity index (χ2v) is 7.24. The topological polar surface area (TPSA) is 51.2 Å². The first-order chi connectivity index (χ1) is 14.1. The van der Waals surface area contributed by atoms with Crippen molar-refractivity contribution in [3.05, 3.63) is 87.7 Å². The molecule has 0 aliphatic heterocycles. The zero-order chi connectivity index (χ0) is 20.2. The van der Waals surface area contributed by atoms with Crippen LogP contribution in [-0.2, 0) is 4.74 Å². The normalized spacial score (nSPS) is 11.8. The van der Waals surface area contributed by atoms with E-state index in [9.17, 15) is 4.79 Å². The maximum Gasteiger partial charge on any atom is 0.407 e. The monoisotopic (exact) mass is 422 g/mol. The highest BCUT2D eigenvalue weighted by atomic mass is 35.5. The third kappa shape index (κ3) is 4.22. The Morgan fingerprint density at radius 1 is 1.07 bits per heavy atom. The summed E-state index contributed by atoms with van der Waals surface area (Å²) in [5.74, 6) is 5.73. The van der Waals surface area contributed by atoms with E-state index in [0.717, 1.165) is 0 Å². The molecular weight excluding hydrogens is 407 g/mol. The second-order valence-electron chi connectivity index (χ2n) is 6.48. The molecule has 0 fully saturated rings. The van der Waals surface area contributed by atoms with Crippen molar-refractivity contribution in [1.82, 2.24) is 10.3 Å². The van der Waals surface area contributed by atoms with E-state index in [0.29, 0.717) is 10.6 Å². The summed E-state index contributed by atoms with van der Waals surface area (Å²) in [6.45, 7) is 0.418. The summed E-state index contributed by atoms with van der Waals surface area (Å²) >= 11 is 11.7. The van der Waals surface area contributed by atoms with Gasteiger partial charge in [0.1, 0.15) is 11.8 Å². The average Bonchev–Trinajstić information content (AvgIpc) is 3.06. The number of halogens is 2. The van der Waals surface area contributed by atoms with Gasteiger partial charge in [-0.25, -0.2) is 9.78 Å². The quantitative estimate of drug-likeness (QED) is 0.461. The molecule has 1 heterocycles. The van der Waals surface area contributed by atoms with Crippen LogP contribution < -0.4 is 5.32 Å². The molecule has 1 aliphatic rings. The van der Waals surface area contributed by atoms with Crippen LogP contribution in [0.3, 0.4) is 0 Å². The van der Waals surface area contributed by atoms with Gasteiger partial charge in [-0.3, -0.25) is 0 Å². The van der Waals surface area contributed by atoms with Gasteiger partial charge < -0.3 is 10.1 Å². The average molecular weight is 423 g/mol. The SMILES string of the molecule is O=C(NCC#Cc1cnc(Cl)c(Cl)c1)OCC1c2ccccc2-c2ccccc21. The molecule has 3 aromatic rings. The lowest BCUT2D eigenvalue weighted by molar-refractivity contribution is 0.144. The molecule has 0 atom stereocenters. The van der Waals surface area contributed by atoms with E-state index in [4.69, 9.17) is 27.9 Å². The third-order valence-electron chi connectivity index (χ3n) is 4.69. The molecule has 4 nitrogen and oxygen atoms in total. The zero-order valence-electron chi connectivity index (χ0n) is 15.3. The van der Waals surface area contributed by atoms with Crippen molar-refractivity contribution in [2.75, 3.05) is 13.2 Å². The molecule has 144 valence electrons. The van der Waals surface area contributed by atoms with Gasteiger partial charge in [0.25, 0.3) is 0 Å². The third-order valence-corrected chi connectivity index (χ3v) is 5.38. The molecule has 0 unspecified atom stereocenters. The molecule has 4 rings (SSSR count). The number of hydrogen-bond acceptors (Lipinski definition) is 3. The van der Waals surface area contributed by atoms with Gasteiger partial charge in [0, 0.05) is 17.7 Å². The van der Waals surface area contributed by atoms with Gasteiger partial charge in [-0.15, -0.1) is 0 Å². The molecule has 2 aromatic carbocycles. The Hall–Kier alpha value is -3.00. The number of aromatic nitrogens is 1. The Morgan fingerprint density at radius 2 is 1.72 bits per heavy atom. The molecule has 1 aromatic heterocycles. The lowest BCUT2D eigenvalue weighted by atomic mass is 9.98. The van der Waals surface area contributed by atoms with Crippen LogP contribution in [0.15, 0.2) is 60.8 Å². The maximum absolute atomic E-state index is 12.1. The van der Waals surface area contributed by atoms with Gasteiger partial charge in [-0.05, 0) is 28.3 Å². The van der Waals surface area contributed by atoms with Gasteiger partial charge in [-0.2, -0.15) is 0 Å². The van der Waals surface area contributed by atoms with Crippen LogP contribution in [0.25, 0.3) is 11.1 Å². The predicted octanol–water partition coefficient (Wildman–Crippen LogP) is 5.28. The highest BCUT2D eigenvalue weighted by molar-refractivity contribution is 6.41. The minimum Gasteiger partial charge on any atom is -0.449 e. The van der Waals surface area contributed by atoms with Crippen LogP contribution in [0.4, 0.5) is 4.79 Å². The van der Waals surface area contributed by atoms with Gasteiger partial charge >= 0.3 is 6.09 Å². The summed E-state index contributed by atoms with van der Waals surface area (Å²) in [6.07, 6.45) is 1.02. The Labute approximate surface area is 178 Å². The molecule has 6 heteroatoms. The number of carbonyl (C=O) groups is 1. The predicted molar refractivity (Wildman–Crippen MR) is 114 cm³/mol. The van der Waals surface area contributed by atoms with E-state index in [-0.39, 0.29) is 24.2 Å². The zero-order valence-corrected chi connectivity index (χ0v) is 16.8. The number of rotatable bonds is 3.